The number of halogens is 4. The van der Waals surface area contributed by atoms with E-state index in [-0.39, 0.29) is 5.75 Å². The zero-order chi connectivity index (χ0) is 28.7. The van der Waals surface area contributed by atoms with Crippen molar-refractivity contribution in [1.82, 2.24) is 24.2 Å². The number of nitrogens with one attached hydrogen (secondary N) is 1. The second kappa shape index (κ2) is 10.8. The van der Waals surface area contributed by atoms with Gasteiger partial charge in [-0.1, -0.05) is 24.3 Å². The van der Waals surface area contributed by atoms with Crippen molar-refractivity contribution in [2.75, 3.05) is 31.1 Å². The molecule has 1 aliphatic rings. The van der Waals surface area contributed by atoms with Crippen molar-refractivity contribution < 1.29 is 17.9 Å². The largest absolute Gasteiger partial charge is 0.573 e. The summed E-state index contributed by atoms with van der Waals surface area (Å²) < 4.78 is 45.8. The third kappa shape index (κ3) is 5.75. The van der Waals surface area contributed by atoms with Crippen molar-refractivity contribution in [3.63, 3.8) is 0 Å². The molecule has 1 fully saturated rings. The highest BCUT2D eigenvalue weighted by molar-refractivity contribution is 6.13. The van der Waals surface area contributed by atoms with Gasteiger partial charge in [0.15, 0.2) is 0 Å². The van der Waals surface area contributed by atoms with Crippen molar-refractivity contribution in [2.45, 2.75) is 26.8 Å². The average molecular weight is 581 g/mol. The van der Waals surface area contributed by atoms with E-state index in [2.05, 4.69) is 49.9 Å². The molecule has 0 aliphatic carbocycles. The maximum absolute atomic E-state index is 12.7. The lowest BCUT2D eigenvalue weighted by Gasteiger charge is -2.32. The highest BCUT2D eigenvalue weighted by atomic mass is 35.5. The summed E-state index contributed by atoms with van der Waals surface area (Å²) in [5, 5.41) is 5.68. The fourth-order valence-corrected chi connectivity index (χ4v) is 5.58. The second-order valence-corrected chi connectivity index (χ2v) is 10.6. The molecular weight excluding hydrogens is 553 g/mol. The number of ether oxygens (including phenoxy) is 1. The molecule has 1 saturated heterocycles. The summed E-state index contributed by atoms with van der Waals surface area (Å²) in [6, 6.07) is 16.6. The number of benzene rings is 2. The predicted octanol–water partition coefficient (Wildman–Crippen LogP) is 6.93. The van der Waals surface area contributed by atoms with Gasteiger partial charge in [0, 0.05) is 72.0 Å². The fourth-order valence-electron chi connectivity index (χ4n) is 5.43. The predicted molar refractivity (Wildman–Crippen MR) is 154 cm³/mol. The Morgan fingerprint density at radius 2 is 1.73 bits per heavy atom. The number of hydrogen-bond donors (Lipinski definition) is 1. The number of nitrogens with zero attached hydrogens (tertiary/aromatic N) is 5. The minimum Gasteiger partial charge on any atom is -0.406 e. The fraction of sp³-hybridized carbons (Fsp3) is 0.267. The summed E-state index contributed by atoms with van der Waals surface area (Å²) >= 11 is 6.11. The van der Waals surface area contributed by atoms with Crippen molar-refractivity contribution in [2.24, 2.45) is 0 Å². The number of pyridine rings is 1. The zero-order valence-corrected chi connectivity index (χ0v) is 23.3. The van der Waals surface area contributed by atoms with Gasteiger partial charge in [0.05, 0.1) is 12.2 Å². The topological polar surface area (TPSA) is 62.2 Å². The van der Waals surface area contributed by atoms with Crippen molar-refractivity contribution in [3.8, 4) is 28.0 Å². The number of hydrogen-bond acceptors (Lipinski definition) is 5. The lowest BCUT2D eigenvalue weighted by Crippen LogP contribution is -2.42. The van der Waals surface area contributed by atoms with Crippen LogP contribution in [0.2, 0.25) is 0 Å². The average Bonchev–Trinajstić information content (AvgIpc) is 3.47. The van der Waals surface area contributed by atoms with E-state index in [1.54, 1.807) is 16.8 Å². The first-order chi connectivity index (χ1) is 19.6. The zero-order valence-electron chi connectivity index (χ0n) is 22.5. The lowest BCUT2D eigenvalue weighted by molar-refractivity contribution is -0.274. The second-order valence-electron chi connectivity index (χ2n) is 10.2. The van der Waals surface area contributed by atoms with E-state index >= 15 is 0 Å². The molecule has 0 bridgehead atoms. The van der Waals surface area contributed by atoms with Crippen LogP contribution in [0.1, 0.15) is 17.0 Å². The first-order valence-electron chi connectivity index (χ1n) is 13.3. The third-order valence-electron chi connectivity index (χ3n) is 7.44. The number of H-pyrrole nitrogens is 1. The minimum atomic E-state index is -4.74. The van der Waals surface area contributed by atoms with E-state index in [4.69, 9.17) is 16.9 Å². The van der Waals surface area contributed by atoms with Crippen LogP contribution in [0.25, 0.3) is 33.3 Å². The molecule has 0 radical (unpaired) electrons. The Morgan fingerprint density at radius 1 is 0.976 bits per heavy atom. The minimum absolute atomic E-state index is 0.252. The monoisotopic (exact) mass is 580 g/mol. The Labute approximate surface area is 240 Å². The van der Waals surface area contributed by atoms with E-state index in [0.29, 0.717) is 12.1 Å². The Hall–Kier alpha value is -4.02. The maximum atomic E-state index is 12.7. The molecule has 0 saturated carbocycles. The van der Waals surface area contributed by atoms with Crippen LogP contribution >= 0.6 is 11.8 Å². The molecular formula is C30H28ClF3N6O. The van der Waals surface area contributed by atoms with Gasteiger partial charge >= 0.3 is 6.36 Å². The number of aromatic nitrogens is 4. The van der Waals surface area contributed by atoms with Gasteiger partial charge in [-0.05, 0) is 67.1 Å². The molecule has 7 nitrogen and oxygen atoms in total. The molecule has 0 atom stereocenters. The molecule has 0 amide bonds. The normalized spacial score (nSPS) is 14.6. The molecule has 4 heterocycles. The number of aromatic amines is 1. The van der Waals surface area contributed by atoms with Crippen LogP contribution in [0.15, 0.2) is 67.0 Å². The van der Waals surface area contributed by atoms with Crippen molar-refractivity contribution >= 4 is 28.5 Å². The van der Waals surface area contributed by atoms with Crippen LogP contribution < -0.4 is 9.64 Å². The molecule has 212 valence electrons. The van der Waals surface area contributed by atoms with Crippen LogP contribution in [0, 0.1) is 13.8 Å². The van der Waals surface area contributed by atoms with Crippen LogP contribution in [0.4, 0.5) is 18.9 Å². The number of anilines is 1. The number of piperazine rings is 1. The van der Waals surface area contributed by atoms with Crippen molar-refractivity contribution in [1.29, 1.82) is 0 Å². The van der Waals surface area contributed by atoms with E-state index in [0.717, 1.165) is 70.9 Å². The maximum Gasteiger partial charge on any atom is 0.573 e. The van der Waals surface area contributed by atoms with Gasteiger partial charge in [-0.2, -0.15) is 5.10 Å². The van der Waals surface area contributed by atoms with Crippen LogP contribution in [-0.2, 0) is 6.54 Å². The van der Waals surface area contributed by atoms with Gasteiger partial charge in [-0.3, -0.25) is 4.68 Å². The van der Waals surface area contributed by atoms with Crippen LogP contribution in [0.3, 0.4) is 0 Å². The molecule has 6 rings (SSSR count). The van der Waals surface area contributed by atoms with Gasteiger partial charge in [-0.15, -0.1) is 13.2 Å². The van der Waals surface area contributed by atoms with Gasteiger partial charge in [0.1, 0.15) is 11.4 Å². The van der Waals surface area contributed by atoms with Gasteiger partial charge in [0.25, 0.3) is 0 Å². The highest BCUT2D eigenvalue weighted by Crippen LogP contribution is 2.35. The standard InChI is InChI=1S/C30H28ClF3N6O/c1-19-28(20(2)40(37-19)18-21-4-3-5-25(14-21)41-30(32,33)34)27-17-36-29-26(27)15-23(16-35-29)22-6-8-24(9-7-22)38-10-12-39(31)13-11-38/h3-9,14-17H,10-13,18H2,1-2H3,(H,35,36). The van der Waals surface area contributed by atoms with E-state index < -0.39 is 6.36 Å². The summed E-state index contributed by atoms with van der Waals surface area (Å²) in [6.07, 6.45) is -0.947. The van der Waals surface area contributed by atoms with E-state index in [1.165, 1.54) is 17.8 Å². The lowest BCUT2D eigenvalue weighted by atomic mass is 10.0. The van der Waals surface area contributed by atoms with Gasteiger partial charge in [-0.25, -0.2) is 9.40 Å². The summed E-state index contributed by atoms with van der Waals surface area (Å²) in [7, 11) is 0. The smallest absolute Gasteiger partial charge is 0.406 e. The Balaban J connectivity index is 1.28. The highest BCUT2D eigenvalue weighted by Gasteiger charge is 2.31. The molecule has 1 N–H and O–H groups in total. The quantitative estimate of drug-likeness (QED) is 0.221. The molecule has 41 heavy (non-hydrogen) atoms. The summed E-state index contributed by atoms with van der Waals surface area (Å²) in [5.41, 5.74) is 8.31. The number of alkyl halides is 3. The molecule has 0 spiro atoms. The first kappa shape index (κ1) is 27.2. The third-order valence-corrected chi connectivity index (χ3v) is 7.78. The number of fused-ring (bicyclic) bond motifs is 1. The van der Waals surface area contributed by atoms with E-state index in [1.807, 2.05) is 30.7 Å². The Kier molecular flexibility index (Phi) is 7.13. The molecule has 5 aromatic rings. The number of aryl methyl sites for hydroxylation is 1. The first-order valence-corrected chi connectivity index (χ1v) is 13.6. The molecule has 1 aliphatic heterocycles. The van der Waals surface area contributed by atoms with Crippen LogP contribution in [0.5, 0.6) is 5.75 Å². The van der Waals surface area contributed by atoms with Crippen molar-refractivity contribution in [3.05, 3.63) is 83.9 Å². The van der Waals surface area contributed by atoms with E-state index in [9.17, 15) is 13.2 Å². The van der Waals surface area contributed by atoms with Gasteiger partial charge < -0.3 is 14.6 Å². The molecule has 0 unspecified atom stereocenters. The molecule has 3 aromatic heterocycles. The summed E-state index contributed by atoms with van der Waals surface area (Å²) in [5.74, 6) is -0.252. The Morgan fingerprint density at radius 3 is 2.46 bits per heavy atom. The van der Waals surface area contributed by atoms with Crippen LogP contribution in [-0.4, -0.2) is 56.7 Å². The molecule has 11 heteroatoms. The SMILES string of the molecule is Cc1nn(Cc2cccc(OC(F)(F)F)c2)c(C)c1-c1c[nH]c2ncc(-c3ccc(N4CCN(Cl)CC4)cc3)cc12. The molecule has 2 aromatic carbocycles. The number of rotatable bonds is 6. The Bertz CT molecular complexity index is 1690. The summed E-state index contributed by atoms with van der Waals surface area (Å²) in [6.45, 7) is 7.64. The van der Waals surface area contributed by atoms with Gasteiger partial charge in [0.2, 0.25) is 0 Å². The summed E-state index contributed by atoms with van der Waals surface area (Å²) in [4.78, 5) is 10.3.